The Bertz CT molecular complexity index is 1450. The molecule has 0 radical (unpaired) electrons. The van der Waals surface area contributed by atoms with E-state index in [1.807, 2.05) is 52.1 Å². The predicted molar refractivity (Wildman–Crippen MR) is 155 cm³/mol. The molecule has 2 N–H and O–H groups in total. The van der Waals surface area contributed by atoms with Crippen LogP contribution >= 0.6 is 0 Å². The van der Waals surface area contributed by atoms with Gasteiger partial charge in [-0.3, -0.25) is 4.79 Å². The zero-order valence-electron chi connectivity index (χ0n) is 23.4. The quantitative estimate of drug-likeness (QED) is 0.428. The van der Waals surface area contributed by atoms with Gasteiger partial charge in [-0.05, 0) is 78.8 Å². The second-order valence-corrected chi connectivity index (χ2v) is 12.2. The second-order valence-electron chi connectivity index (χ2n) is 12.2. The van der Waals surface area contributed by atoms with Gasteiger partial charge in [0, 0.05) is 50.0 Å². The molecule has 8 heteroatoms. The monoisotopic (exact) mass is 560 g/mol. The largest absolute Gasteiger partial charge is 0.328 e. The number of carbonyl (C=O) groups excluding carboxylic acids is 1. The third kappa shape index (κ3) is 5.54. The van der Waals surface area contributed by atoms with Gasteiger partial charge >= 0.3 is 6.03 Å². The fourth-order valence-electron chi connectivity index (χ4n) is 7.47. The molecule has 216 valence electrons. The summed E-state index contributed by atoms with van der Waals surface area (Å²) in [5, 5.41) is 0. The van der Waals surface area contributed by atoms with Crippen LogP contribution in [-0.2, 0) is 6.54 Å². The van der Waals surface area contributed by atoms with Crippen molar-refractivity contribution in [3.05, 3.63) is 94.4 Å². The number of nitrogens with zero attached hydrogens (tertiary/aromatic N) is 3. The lowest BCUT2D eigenvalue weighted by Crippen LogP contribution is -2.56. The maximum atomic E-state index is 14.8. The molecule has 2 aliphatic heterocycles. The molecule has 3 aliphatic rings. The highest BCUT2D eigenvalue weighted by atomic mass is 19.1. The van der Waals surface area contributed by atoms with Crippen LogP contribution in [-0.4, -0.2) is 46.1 Å². The molecule has 0 unspecified atom stereocenters. The molecular formula is C33H38F2N4O2. The van der Waals surface area contributed by atoms with E-state index in [0.29, 0.717) is 39.0 Å². The van der Waals surface area contributed by atoms with Crippen molar-refractivity contribution < 1.29 is 13.6 Å². The molecule has 6 nitrogen and oxygen atoms in total. The number of hydrogen-bond acceptors (Lipinski definition) is 3. The SMILES string of the molecule is N[C@@H]1CCN(C(=O)N2CC[C@@H](Cn3ccc(-c4ccccc4)cc3=O)C3(CCCC3)C2)[C@H](c2cc(F)ccc2F)C1. The van der Waals surface area contributed by atoms with Crippen LogP contribution in [0.25, 0.3) is 11.1 Å². The number of likely N-dealkylation sites (tertiary alicyclic amines) is 2. The Kier molecular flexibility index (Phi) is 7.68. The number of amides is 2. The fourth-order valence-corrected chi connectivity index (χ4v) is 7.47. The molecule has 41 heavy (non-hydrogen) atoms. The minimum Gasteiger partial charge on any atom is -0.328 e. The Balaban J connectivity index is 1.21. The Morgan fingerprint density at radius 3 is 2.49 bits per heavy atom. The van der Waals surface area contributed by atoms with E-state index in [1.165, 1.54) is 6.07 Å². The van der Waals surface area contributed by atoms with E-state index in [-0.39, 0.29) is 34.5 Å². The summed E-state index contributed by atoms with van der Waals surface area (Å²) in [5.41, 5.74) is 8.29. The lowest BCUT2D eigenvalue weighted by molar-refractivity contribution is 0.0213. The van der Waals surface area contributed by atoms with Gasteiger partial charge in [0.15, 0.2) is 0 Å². The van der Waals surface area contributed by atoms with E-state index >= 15 is 0 Å². The van der Waals surface area contributed by atoms with Crippen molar-refractivity contribution in [2.75, 3.05) is 19.6 Å². The first kappa shape index (κ1) is 27.6. The van der Waals surface area contributed by atoms with E-state index in [4.69, 9.17) is 5.73 Å². The van der Waals surface area contributed by atoms with Crippen LogP contribution in [0, 0.1) is 23.0 Å². The summed E-state index contributed by atoms with van der Waals surface area (Å²) in [6.07, 6.45) is 7.98. The van der Waals surface area contributed by atoms with Crippen molar-refractivity contribution in [2.45, 2.75) is 63.6 Å². The van der Waals surface area contributed by atoms with E-state index in [2.05, 4.69) is 0 Å². The predicted octanol–water partition coefficient (Wildman–Crippen LogP) is 5.96. The summed E-state index contributed by atoms with van der Waals surface area (Å²) in [6, 6.07) is 16.1. The van der Waals surface area contributed by atoms with Gasteiger partial charge in [0.05, 0.1) is 6.04 Å². The normalized spacial score (nSPS) is 24.1. The zero-order valence-corrected chi connectivity index (χ0v) is 23.4. The van der Waals surface area contributed by atoms with Gasteiger partial charge < -0.3 is 20.1 Å². The minimum absolute atomic E-state index is 0.0115. The van der Waals surface area contributed by atoms with E-state index in [9.17, 15) is 18.4 Å². The first-order valence-corrected chi connectivity index (χ1v) is 14.8. The van der Waals surface area contributed by atoms with E-state index in [1.54, 1.807) is 11.0 Å². The van der Waals surface area contributed by atoms with Crippen molar-refractivity contribution >= 4 is 6.03 Å². The summed E-state index contributed by atoms with van der Waals surface area (Å²) >= 11 is 0. The van der Waals surface area contributed by atoms with Crippen molar-refractivity contribution in [1.82, 2.24) is 14.4 Å². The lowest BCUT2D eigenvalue weighted by Gasteiger charge is -2.49. The average molecular weight is 561 g/mol. The third-order valence-corrected chi connectivity index (χ3v) is 9.72. The van der Waals surface area contributed by atoms with E-state index in [0.717, 1.165) is 55.4 Å². The molecule has 2 saturated heterocycles. The molecule has 6 rings (SSSR count). The number of hydrogen-bond donors (Lipinski definition) is 1. The topological polar surface area (TPSA) is 71.6 Å². The van der Waals surface area contributed by atoms with Crippen molar-refractivity contribution in [3.8, 4) is 11.1 Å². The standard InChI is InChI=1S/C33H38F2N4O2/c34-26-8-9-29(35)28(19-26)30-20-27(36)12-17-39(30)32(41)38-16-11-25(33(22-38)13-4-5-14-33)21-37-15-10-24(18-31(37)40)23-6-2-1-3-7-23/h1-3,6-10,15,18-19,25,27,30H,4-5,11-14,16-17,20-22,36H2/t25-,27+,30-/m0/s1. The molecule has 0 bridgehead atoms. The second kappa shape index (κ2) is 11.4. The Hall–Kier alpha value is -3.52. The first-order chi connectivity index (χ1) is 19.8. The molecule has 3 atom stereocenters. The third-order valence-electron chi connectivity index (χ3n) is 9.72. The minimum atomic E-state index is -0.596. The lowest BCUT2D eigenvalue weighted by atomic mass is 9.69. The maximum Gasteiger partial charge on any atom is 0.320 e. The number of urea groups is 1. The van der Waals surface area contributed by atoms with Gasteiger partial charge in [-0.1, -0.05) is 43.2 Å². The number of benzene rings is 2. The van der Waals surface area contributed by atoms with Crippen LogP contribution in [0.3, 0.4) is 0 Å². The van der Waals surface area contributed by atoms with Crippen LogP contribution in [0.1, 0.15) is 56.6 Å². The molecule has 1 saturated carbocycles. The molecule has 3 fully saturated rings. The van der Waals surface area contributed by atoms with Gasteiger partial charge in [0.2, 0.25) is 0 Å². The van der Waals surface area contributed by atoms with Crippen LogP contribution in [0.15, 0.2) is 71.7 Å². The molecule has 2 aromatic carbocycles. The number of piperidine rings is 2. The summed E-state index contributed by atoms with van der Waals surface area (Å²) < 4.78 is 30.8. The maximum absolute atomic E-state index is 14.8. The summed E-state index contributed by atoms with van der Waals surface area (Å²) in [7, 11) is 0. The van der Waals surface area contributed by atoms with Gasteiger partial charge in [-0.15, -0.1) is 0 Å². The molecule has 1 aliphatic carbocycles. The van der Waals surface area contributed by atoms with Crippen LogP contribution < -0.4 is 11.3 Å². The Morgan fingerprint density at radius 1 is 0.951 bits per heavy atom. The summed E-state index contributed by atoms with van der Waals surface area (Å²) in [4.78, 5) is 30.8. The average Bonchev–Trinajstić information content (AvgIpc) is 3.45. The van der Waals surface area contributed by atoms with Crippen LogP contribution in [0.4, 0.5) is 13.6 Å². The molecule has 3 aromatic rings. The number of nitrogens with two attached hydrogens (primary N) is 1. The van der Waals surface area contributed by atoms with Gasteiger partial charge in [0.1, 0.15) is 11.6 Å². The fraction of sp³-hybridized carbons (Fsp3) is 0.455. The van der Waals surface area contributed by atoms with E-state index < -0.39 is 17.7 Å². The molecule has 1 spiro atoms. The number of aromatic nitrogens is 1. The van der Waals surface area contributed by atoms with Gasteiger partial charge in [-0.2, -0.15) is 0 Å². The highest BCUT2D eigenvalue weighted by Crippen LogP contribution is 2.49. The number of carbonyl (C=O) groups is 1. The van der Waals surface area contributed by atoms with Crippen molar-refractivity contribution in [3.63, 3.8) is 0 Å². The number of halogens is 2. The van der Waals surface area contributed by atoms with Crippen LogP contribution in [0.5, 0.6) is 0 Å². The molecule has 3 heterocycles. The summed E-state index contributed by atoms with van der Waals surface area (Å²) in [6.45, 7) is 2.24. The highest BCUT2D eigenvalue weighted by molar-refractivity contribution is 5.75. The Labute approximate surface area is 239 Å². The zero-order chi connectivity index (χ0) is 28.6. The van der Waals surface area contributed by atoms with Crippen molar-refractivity contribution in [1.29, 1.82) is 0 Å². The first-order valence-electron chi connectivity index (χ1n) is 14.8. The number of rotatable bonds is 4. The molecule has 2 amide bonds. The molecule has 1 aromatic heterocycles. The van der Waals surface area contributed by atoms with Gasteiger partial charge in [0.25, 0.3) is 5.56 Å². The Morgan fingerprint density at radius 2 is 1.73 bits per heavy atom. The van der Waals surface area contributed by atoms with Gasteiger partial charge in [-0.25, -0.2) is 13.6 Å². The smallest absolute Gasteiger partial charge is 0.320 e. The highest BCUT2D eigenvalue weighted by Gasteiger charge is 2.47. The summed E-state index contributed by atoms with van der Waals surface area (Å²) in [5.74, 6) is -0.760. The van der Waals surface area contributed by atoms with Crippen LogP contribution in [0.2, 0.25) is 0 Å². The molecular weight excluding hydrogens is 522 g/mol. The number of pyridine rings is 1. The van der Waals surface area contributed by atoms with Crippen molar-refractivity contribution in [2.24, 2.45) is 17.1 Å².